The normalized spacial score (nSPS) is 14.3. The Kier molecular flexibility index (Phi) is 4.56. The molecule has 1 aliphatic rings. The van der Waals surface area contributed by atoms with E-state index < -0.39 is 0 Å². The number of benzene rings is 2. The molecular formula is C24H22N4O. The van der Waals surface area contributed by atoms with Crippen molar-refractivity contribution in [3.05, 3.63) is 78.5 Å². The van der Waals surface area contributed by atoms with Crippen molar-refractivity contribution < 1.29 is 4.79 Å². The molecule has 0 unspecified atom stereocenters. The van der Waals surface area contributed by atoms with Gasteiger partial charge in [-0.2, -0.15) is 5.10 Å². The Bertz CT molecular complexity index is 1150. The fraction of sp³-hybridized carbons (Fsp3) is 0.208. The Balaban J connectivity index is 1.65. The first-order valence-electron chi connectivity index (χ1n) is 10.1. The number of rotatable bonds is 4. The molecule has 0 bridgehead atoms. The molecule has 5 nitrogen and oxygen atoms in total. The van der Waals surface area contributed by atoms with Crippen LogP contribution in [-0.2, 0) is 0 Å². The van der Waals surface area contributed by atoms with E-state index in [9.17, 15) is 4.79 Å². The molecule has 2 aromatic carbocycles. The monoisotopic (exact) mass is 382 g/mol. The van der Waals surface area contributed by atoms with Crippen molar-refractivity contribution >= 4 is 11.6 Å². The summed E-state index contributed by atoms with van der Waals surface area (Å²) in [6.45, 7) is 0. The molecule has 2 aromatic heterocycles. The van der Waals surface area contributed by atoms with E-state index in [0.717, 1.165) is 35.4 Å². The second-order valence-corrected chi connectivity index (χ2v) is 7.51. The quantitative estimate of drug-likeness (QED) is 0.555. The molecule has 4 aromatic rings. The van der Waals surface area contributed by atoms with Gasteiger partial charge in [0.25, 0.3) is 5.91 Å². The average Bonchev–Trinajstić information content (AvgIpc) is 3.44. The van der Waals surface area contributed by atoms with Crippen LogP contribution in [0.4, 0.5) is 0 Å². The Hall–Kier alpha value is -3.47. The third-order valence-electron chi connectivity index (χ3n) is 5.55. The third kappa shape index (κ3) is 3.40. The van der Waals surface area contributed by atoms with Crippen LogP contribution in [-0.4, -0.2) is 26.5 Å². The highest BCUT2D eigenvalue weighted by Crippen LogP contribution is 2.27. The standard InChI is InChI=1S/C24H22N4O/c29-24(26-19-13-7-8-14-19)20-16-25-28-22(18-11-5-2-6-12-18)15-21(27-23(20)28)17-9-3-1-4-10-17/h1-6,9-12,15-16,19H,7-8,13-14H2,(H,26,29). The minimum atomic E-state index is -0.0939. The maximum atomic E-state index is 13.0. The lowest BCUT2D eigenvalue weighted by atomic mass is 10.1. The molecular weight excluding hydrogens is 360 g/mol. The third-order valence-corrected chi connectivity index (χ3v) is 5.55. The van der Waals surface area contributed by atoms with Crippen LogP contribution < -0.4 is 5.32 Å². The van der Waals surface area contributed by atoms with Crippen LogP contribution in [0.2, 0.25) is 0 Å². The number of aromatic nitrogens is 3. The summed E-state index contributed by atoms with van der Waals surface area (Å²) in [6.07, 6.45) is 6.07. The predicted octanol–water partition coefficient (Wildman–Crippen LogP) is 4.74. The molecule has 5 heteroatoms. The minimum absolute atomic E-state index is 0.0939. The summed E-state index contributed by atoms with van der Waals surface area (Å²) in [6, 6.07) is 22.4. The van der Waals surface area contributed by atoms with Crippen molar-refractivity contribution in [1.82, 2.24) is 19.9 Å². The summed E-state index contributed by atoms with van der Waals surface area (Å²) >= 11 is 0. The summed E-state index contributed by atoms with van der Waals surface area (Å²) in [5, 5.41) is 7.68. The number of amides is 1. The highest BCUT2D eigenvalue weighted by molar-refractivity contribution is 6.00. The van der Waals surface area contributed by atoms with Gasteiger partial charge in [0.2, 0.25) is 0 Å². The first kappa shape index (κ1) is 17.6. The van der Waals surface area contributed by atoms with E-state index in [0.29, 0.717) is 11.2 Å². The van der Waals surface area contributed by atoms with Crippen molar-refractivity contribution in [2.45, 2.75) is 31.7 Å². The maximum Gasteiger partial charge on any atom is 0.256 e. The molecule has 0 saturated heterocycles. The number of hydrogen-bond acceptors (Lipinski definition) is 3. The van der Waals surface area contributed by atoms with Crippen LogP contribution in [0.1, 0.15) is 36.0 Å². The fourth-order valence-corrected chi connectivity index (χ4v) is 4.03. The van der Waals surface area contributed by atoms with Gasteiger partial charge in [-0.1, -0.05) is 73.5 Å². The minimum Gasteiger partial charge on any atom is -0.349 e. The van der Waals surface area contributed by atoms with E-state index in [1.54, 1.807) is 10.7 Å². The van der Waals surface area contributed by atoms with Gasteiger partial charge in [0.1, 0.15) is 5.56 Å². The first-order chi connectivity index (χ1) is 14.3. The van der Waals surface area contributed by atoms with Gasteiger partial charge in [-0.25, -0.2) is 9.50 Å². The van der Waals surface area contributed by atoms with Crippen LogP contribution in [0, 0.1) is 0 Å². The zero-order valence-electron chi connectivity index (χ0n) is 16.1. The zero-order valence-corrected chi connectivity index (χ0v) is 16.1. The van der Waals surface area contributed by atoms with Crippen molar-refractivity contribution in [1.29, 1.82) is 0 Å². The van der Waals surface area contributed by atoms with Crippen LogP contribution in [0.3, 0.4) is 0 Å². The average molecular weight is 382 g/mol. The molecule has 29 heavy (non-hydrogen) atoms. The number of fused-ring (bicyclic) bond motifs is 1. The summed E-state index contributed by atoms with van der Waals surface area (Å²) < 4.78 is 1.77. The topological polar surface area (TPSA) is 59.3 Å². The van der Waals surface area contributed by atoms with Gasteiger partial charge >= 0.3 is 0 Å². The smallest absolute Gasteiger partial charge is 0.256 e. The number of hydrogen-bond donors (Lipinski definition) is 1. The van der Waals surface area contributed by atoms with Gasteiger partial charge in [0.15, 0.2) is 5.65 Å². The SMILES string of the molecule is O=C(NC1CCCC1)c1cnn2c(-c3ccccc3)cc(-c3ccccc3)nc12. The van der Waals surface area contributed by atoms with Gasteiger partial charge in [-0.15, -0.1) is 0 Å². The molecule has 144 valence electrons. The van der Waals surface area contributed by atoms with E-state index in [1.165, 1.54) is 12.8 Å². The Morgan fingerprint density at radius 1 is 0.931 bits per heavy atom. The van der Waals surface area contributed by atoms with E-state index in [1.807, 2.05) is 66.7 Å². The van der Waals surface area contributed by atoms with Crippen molar-refractivity contribution in [2.24, 2.45) is 0 Å². The Labute approximate surface area is 169 Å². The molecule has 0 atom stereocenters. The molecule has 0 aliphatic heterocycles. The first-order valence-corrected chi connectivity index (χ1v) is 10.1. The summed E-state index contributed by atoms with van der Waals surface area (Å²) in [7, 11) is 0. The lowest BCUT2D eigenvalue weighted by Crippen LogP contribution is -2.32. The van der Waals surface area contributed by atoms with Crippen LogP contribution in [0.25, 0.3) is 28.2 Å². The summed E-state index contributed by atoms with van der Waals surface area (Å²) in [5.74, 6) is -0.0939. The fourth-order valence-electron chi connectivity index (χ4n) is 4.03. The maximum absolute atomic E-state index is 13.0. The van der Waals surface area contributed by atoms with E-state index in [4.69, 9.17) is 4.98 Å². The predicted molar refractivity (Wildman–Crippen MR) is 114 cm³/mol. The van der Waals surface area contributed by atoms with Gasteiger partial charge in [-0.3, -0.25) is 4.79 Å². The van der Waals surface area contributed by atoms with Crippen molar-refractivity contribution in [2.75, 3.05) is 0 Å². The largest absolute Gasteiger partial charge is 0.349 e. The number of nitrogens with one attached hydrogen (secondary N) is 1. The second kappa shape index (κ2) is 7.51. The lowest BCUT2D eigenvalue weighted by molar-refractivity contribution is 0.0939. The second-order valence-electron chi connectivity index (χ2n) is 7.51. The lowest BCUT2D eigenvalue weighted by Gasteiger charge is -2.12. The molecule has 1 N–H and O–H groups in total. The van der Waals surface area contributed by atoms with Crippen LogP contribution in [0.15, 0.2) is 72.9 Å². The molecule has 1 amide bonds. The van der Waals surface area contributed by atoms with E-state index in [2.05, 4.69) is 10.4 Å². The summed E-state index contributed by atoms with van der Waals surface area (Å²) in [5.41, 5.74) is 4.88. The number of carbonyl (C=O) groups is 1. The van der Waals surface area contributed by atoms with Crippen LogP contribution in [0.5, 0.6) is 0 Å². The van der Waals surface area contributed by atoms with Gasteiger partial charge < -0.3 is 5.32 Å². The van der Waals surface area contributed by atoms with Crippen molar-refractivity contribution in [3.8, 4) is 22.5 Å². The van der Waals surface area contributed by atoms with E-state index in [-0.39, 0.29) is 11.9 Å². The van der Waals surface area contributed by atoms with Gasteiger partial charge in [0, 0.05) is 17.2 Å². The summed E-state index contributed by atoms with van der Waals surface area (Å²) in [4.78, 5) is 17.8. The molecule has 5 rings (SSSR count). The molecule has 0 radical (unpaired) electrons. The highest BCUT2D eigenvalue weighted by Gasteiger charge is 2.22. The highest BCUT2D eigenvalue weighted by atomic mass is 16.1. The number of nitrogens with zero attached hydrogens (tertiary/aromatic N) is 3. The zero-order chi connectivity index (χ0) is 19.6. The molecule has 2 heterocycles. The molecule has 1 fully saturated rings. The van der Waals surface area contributed by atoms with Gasteiger partial charge in [0.05, 0.1) is 17.6 Å². The Morgan fingerprint density at radius 3 is 2.28 bits per heavy atom. The Morgan fingerprint density at radius 2 is 1.59 bits per heavy atom. The molecule has 1 aliphatic carbocycles. The van der Waals surface area contributed by atoms with Crippen molar-refractivity contribution in [3.63, 3.8) is 0 Å². The molecule has 0 spiro atoms. The van der Waals surface area contributed by atoms with Crippen LogP contribution >= 0.6 is 0 Å². The number of carbonyl (C=O) groups excluding carboxylic acids is 1. The van der Waals surface area contributed by atoms with Gasteiger partial charge in [-0.05, 0) is 18.9 Å². The molecule has 1 saturated carbocycles. The van der Waals surface area contributed by atoms with E-state index >= 15 is 0 Å².